The first kappa shape index (κ1) is 21.0. The number of methoxy groups -OCH3 is 3. The molecule has 2 N–H and O–H groups in total. The molecule has 0 atom stereocenters. The first-order valence-electron chi connectivity index (χ1n) is 8.05. The number of aromatic carboxylic acids is 1. The zero-order chi connectivity index (χ0) is 20.8. The quantitative estimate of drug-likeness (QED) is 0.699. The second-order valence-electron chi connectivity index (χ2n) is 5.59. The third-order valence-corrected chi connectivity index (χ3v) is 4.16. The van der Waals surface area contributed by atoms with E-state index in [4.69, 9.17) is 26.4 Å². The molecule has 28 heavy (non-hydrogen) atoms. The highest BCUT2D eigenvalue weighted by Crippen LogP contribution is 2.38. The van der Waals surface area contributed by atoms with Gasteiger partial charge in [-0.15, -0.1) is 0 Å². The Morgan fingerprint density at radius 1 is 1.04 bits per heavy atom. The highest BCUT2D eigenvalue weighted by Gasteiger charge is 2.18. The molecule has 0 aliphatic heterocycles. The molecule has 0 unspecified atom stereocenters. The van der Waals surface area contributed by atoms with Crippen molar-refractivity contribution in [2.45, 2.75) is 6.92 Å². The maximum Gasteiger partial charge on any atom is 0.257 e. The van der Waals surface area contributed by atoms with E-state index in [1.54, 1.807) is 19.1 Å². The molecule has 2 aromatic rings. The SMILES string of the molecule is COc1cc(C(=O)NC(=S)Nc2cccc(C(=O)[O-])c2C)cc(OC)c1OC. The first-order chi connectivity index (χ1) is 13.3. The number of benzene rings is 2. The third-order valence-electron chi connectivity index (χ3n) is 3.96. The van der Waals surface area contributed by atoms with Crippen LogP contribution in [-0.4, -0.2) is 38.3 Å². The van der Waals surface area contributed by atoms with E-state index in [1.165, 1.54) is 39.5 Å². The number of thiocarbonyl (C=S) groups is 1. The fourth-order valence-electron chi connectivity index (χ4n) is 2.53. The molecule has 0 aliphatic rings. The molecule has 9 heteroatoms. The molecule has 0 radical (unpaired) electrons. The maximum absolute atomic E-state index is 12.5. The van der Waals surface area contributed by atoms with Gasteiger partial charge in [-0.25, -0.2) is 0 Å². The summed E-state index contributed by atoms with van der Waals surface area (Å²) in [6.07, 6.45) is 0. The lowest BCUT2D eigenvalue weighted by Crippen LogP contribution is -2.34. The summed E-state index contributed by atoms with van der Waals surface area (Å²) in [6.45, 7) is 1.61. The molecular formula is C19H19N2O6S-. The summed E-state index contributed by atoms with van der Waals surface area (Å²) in [5.74, 6) is -0.803. The van der Waals surface area contributed by atoms with Gasteiger partial charge in [-0.05, 0) is 42.9 Å². The second-order valence-corrected chi connectivity index (χ2v) is 6.00. The topological polar surface area (TPSA) is 109 Å². The van der Waals surface area contributed by atoms with Crippen molar-refractivity contribution in [2.24, 2.45) is 0 Å². The number of carbonyl (C=O) groups excluding carboxylic acids is 2. The van der Waals surface area contributed by atoms with Crippen molar-refractivity contribution < 1.29 is 28.9 Å². The highest BCUT2D eigenvalue weighted by atomic mass is 32.1. The number of carboxylic acid groups (broad SMARTS) is 1. The molecule has 2 aromatic carbocycles. The van der Waals surface area contributed by atoms with Gasteiger partial charge in [0.15, 0.2) is 16.6 Å². The van der Waals surface area contributed by atoms with Crippen LogP contribution in [0.4, 0.5) is 5.69 Å². The standard InChI is InChI=1S/C19H20N2O6S/c1-10-12(18(23)24)6-5-7-13(10)20-19(28)21-17(22)11-8-14(25-2)16(27-4)15(9-11)26-3/h5-9H,1-4H3,(H,23,24)(H2,20,21,22,28)/p-1. The number of hydrogen-bond donors (Lipinski definition) is 2. The molecule has 0 heterocycles. The third kappa shape index (κ3) is 4.49. The zero-order valence-corrected chi connectivity index (χ0v) is 16.6. The Hall–Kier alpha value is -3.33. The average Bonchev–Trinajstić information content (AvgIpc) is 2.67. The largest absolute Gasteiger partial charge is 0.545 e. The van der Waals surface area contributed by atoms with Crippen LogP contribution in [-0.2, 0) is 0 Å². The van der Waals surface area contributed by atoms with Crippen LogP contribution >= 0.6 is 12.2 Å². The Bertz CT molecular complexity index is 904. The number of hydrogen-bond acceptors (Lipinski definition) is 7. The number of anilines is 1. The predicted octanol–water partition coefficient (Wildman–Crippen LogP) is 1.51. The van der Waals surface area contributed by atoms with Gasteiger partial charge in [0.1, 0.15) is 0 Å². The molecule has 1 amide bonds. The van der Waals surface area contributed by atoms with Crippen LogP contribution < -0.4 is 30.0 Å². The van der Waals surface area contributed by atoms with E-state index in [2.05, 4.69) is 10.6 Å². The molecule has 2 rings (SSSR count). The maximum atomic E-state index is 12.5. The molecule has 0 saturated heterocycles. The number of amides is 1. The minimum Gasteiger partial charge on any atom is -0.545 e. The van der Waals surface area contributed by atoms with Crippen molar-refractivity contribution in [3.8, 4) is 17.2 Å². The Morgan fingerprint density at radius 2 is 1.64 bits per heavy atom. The van der Waals surface area contributed by atoms with Crippen LogP contribution in [0.3, 0.4) is 0 Å². The smallest absolute Gasteiger partial charge is 0.257 e. The molecule has 0 aliphatic carbocycles. The van der Waals surface area contributed by atoms with Gasteiger partial charge in [0.2, 0.25) is 5.75 Å². The van der Waals surface area contributed by atoms with Gasteiger partial charge < -0.3 is 29.4 Å². The fourth-order valence-corrected chi connectivity index (χ4v) is 2.74. The van der Waals surface area contributed by atoms with Crippen molar-refractivity contribution in [1.29, 1.82) is 0 Å². The van der Waals surface area contributed by atoms with Crippen LogP contribution in [0.25, 0.3) is 0 Å². The van der Waals surface area contributed by atoms with Crippen molar-refractivity contribution in [3.63, 3.8) is 0 Å². The Balaban J connectivity index is 2.20. The molecule has 0 bridgehead atoms. The van der Waals surface area contributed by atoms with E-state index in [0.717, 1.165) is 0 Å². The number of carbonyl (C=O) groups is 2. The minimum absolute atomic E-state index is 0.00245. The van der Waals surface area contributed by atoms with Crippen molar-refractivity contribution >= 4 is 34.9 Å². The summed E-state index contributed by atoms with van der Waals surface area (Å²) in [6, 6.07) is 7.58. The molecule has 8 nitrogen and oxygen atoms in total. The zero-order valence-electron chi connectivity index (χ0n) is 15.7. The second kappa shape index (κ2) is 9.05. The molecule has 148 valence electrons. The molecular weight excluding hydrogens is 384 g/mol. The van der Waals surface area contributed by atoms with Crippen LogP contribution in [0.5, 0.6) is 17.2 Å². The molecule has 0 fully saturated rings. The van der Waals surface area contributed by atoms with Gasteiger partial charge in [-0.3, -0.25) is 10.1 Å². The van der Waals surface area contributed by atoms with Crippen LogP contribution in [0.15, 0.2) is 30.3 Å². The minimum atomic E-state index is -1.30. The predicted molar refractivity (Wildman–Crippen MR) is 105 cm³/mol. The molecule has 0 saturated carbocycles. The van der Waals surface area contributed by atoms with Crippen LogP contribution in [0, 0.1) is 6.92 Å². The van der Waals surface area contributed by atoms with Gasteiger partial charge in [-0.1, -0.05) is 12.1 Å². The average molecular weight is 403 g/mol. The van der Waals surface area contributed by atoms with Gasteiger partial charge in [-0.2, -0.15) is 0 Å². The summed E-state index contributed by atoms with van der Waals surface area (Å²) >= 11 is 5.16. The van der Waals surface area contributed by atoms with Gasteiger partial charge in [0, 0.05) is 16.8 Å². The van der Waals surface area contributed by atoms with Gasteiger partial charge in [0.25, 0.3) is 5.91 Å². The van der Waals surface area contributed by atoms with Crippen molar-refractivity contribution in [3.05, 3.63) is 47.0 Å². The van der Waals surface area contributed by atoms with E-state index in [-0.39, 0.29) is 16.2 Å². The number of nitrogens with one attached hydrogen (secondary N) is 2. The molecule has 0 spiro atoms. The number of rotatable bonds is 6. The Labute approximate surface area is 167 Å². The van der Waals surface area contributed by atoms with Crippen LogP contribution in [0.1, 0.15) is 26.3 Å². The summed E-state index contributed by atoms with van der Waals surface area (Å²) in [5, 5.41) is 16.5. The lowest BCUT2D eigenvalue weighted by molar-refractivity contribution is -0.255. The van der Waals surface area contributed by atoms with E-state index in [9.17, 15) is 14.7 Å². The normalized spacial score (nSPS) is 10.0. The monoisotopic (exact) mass is 403 g/mol. The summed E-state index contributed by atoms with van der Waals surface area (Å²) in [7, 11) is 4.35. The van der Waals surface area contributed by atoms with Crippen LogP contribution in [0.2, 0.25) is 0 Å². The van der Waals surface area contributed by atoms with E-state index >= 15 is 0 Å². The number of carboxylic acids is 1. The van der Waals surface area contributed by atoms with E-state index in [1.807, 2.05) is 0 Å². The van der Waals surface area contributed by atoms with Gasteiger partial charge in [0.05, 0.1) is 27.3 Å². The lowest BCUT2D eigenvalue weighted by atomic mass is 10.1. The summed E-state index contributed by atoms with van der Waals surface area (Å²) in [5.41, 5.74) is 1.14. The Kier molecular flexibility index (Phi) is 6.78. The number of ether oxygens (including phenoxy) is 3. The lowest BCUT2D eigenvalue weighted by Gasteiger charge is -2.16. The van der Waals surface area contributed by atoms with E-state index in [0.29, 0.717) is 28.5 Å². The fraction of sp³-hybridized carbons (Fsp3) is 0.211. The molecule has 0 aromatic heterocycles. The van der Waals surface area contributed by atoms with Crippen molar-refractivity contribution in [2.75, 3.05) is 26.6 Å². The summed E-state index contributed by atoms with van der Waals surface area (Å²) in [4.78, 5) is 23.7. The van der Waals surface area contributed by atoms with E-state index < -0.39 is 11.9 Å². The Morgan fingerprint density at radius 3 is 2.14 bits per heavy atom. The van der Waals surface area contributed by atoms with Crippen molar-refractivity contribution in [1.82, 2.24) is 5.32 Å². The summed E-state index contributed by atoms with van der Waals surface area (Å²) < 4.78 is 15.7. The highest BCUT2D eigenvalue weighted by molar-refractivity contribution is 7.80. The van der Waals surface area contributed by atoms with Gasteiger partial charge >= 0.3 is 0 Å². The first-order valence-corrected chi connectivity index (χ1v) is 8.46.